The van der Waals surface area contributed by atoms with Crippen LogP contribution in [0.4, 0.5) is 5.13 Å². The van der Waals surface area contributed by atoms with Crippen LogP contribution in [0.5, 0.6) is 0 Å². The molecule has 5 nitrogen and oxygen atoms in total. The number of amides is 1. The molecule has 0 aliphatic carbocycles. The molecule has 0 fully saturated rings. The van der Waals surface area contributed by atoms with Crippen molar-refractivity contribution in [3.8, 4) is 0 Å². The van der Waals surface area contributed by atoms with Crippen molar-refractivity contribution in [2.75, 3.05) is 5.32 Å². The van der Waals surface area contributed by atoms with Crippen LogP contribution in [0.25, 0.3) is 0 Å². The Balaban J connectivity index is 1.94. The number of nitrogens with zero attached hydrogens (tertiary/aromatic N) is 3. The summed E-state index contributed by atoms with van der Waals surface area (Å²) in [6, 6.07) is 0. The van der Waals surface area contributed by atoms with E-state index in [1.165, 1.54) is 11.3 Å². The van der Waals surface area contributed by atoms with E-state index in [9.17, 15) is 4.79 Å². The number of aromatic nitrogens is 3. The number of hydrogen-bond acceptors (Lipinski definition) is 6. The molecule has 0 aliphatic heterocycles. The third-order valence-corrected chi connectivity index (χ3v) is 3.36. The summed E-state index contributed by atoms with van der Waals surface area (Å²) in [7, 11) is 0. The van der Waals surface area contributed by atoms with Crippen LogP contribution in [0, 0.1) is 13.8 Å². The minimum Gasteiger partial charge on any atom is -0.300 e. The molecule has 1 N–H and O–H groups in total. The van der Waals surface area contributed by atoms with E-state index >= 15 is 0 Å². The summed E-state index contributed by atoms with van der Waals surface area (Å²) >= 11 is 2.90. The molecule has 7 heteroatoms. The fourth-order valence-electron chi connectivity index (χ4n) is 1.16. The summed E-state index contributed by atoms with van der Waals surface area (Å²) in [6.07, 6.45) is 0.281. The average Bonchev–Trinajstić information content (AvgIpc) is 2.76. The first-order chi connectivity index (χ1) is 7.63. The summed E-state index contributed by atoms with van der Waals surface area (Å²) in [5.74, 6) is -0.110. The van der Waals surface area contributed by atoms with Gasteiger partial charge in [-0.3, -0.25) is 4.79 Å². The Kier molecular flexibility index (Phi) is 3.25. The summed E-state index contributed by atoms with van der Waals surface area (Å²) in [6.45, 7) is 3.76. The zero-order chi connectivity index (χ0) is 11.5. The molecule has 16 heavy (non-hydrogen) atoms. The zero-order valence-corrected chi connectivity index (χ0v) is 10.5. The molecular formula is C9H10N4OS2. The molecule has 0 saturated carbocycles. The molecule has 0 bridgehead atoms. The molecule has 2 aromatic rings. The lowest BCUT2D eigenvalue weighted by Gasteiger charge is -1.97. The van der Waals surface area contributed by atoms with Crippen LogP contribution in [-0.2, 0) is 11.2 Å². The van der Waals surface area contributed by atoms with E-state index in [0.29, 0.717) is 5.13 Å². The smallest absolute Gasteiger partial charge is 0.232 e. The van der Waals surface area contributed by atoms with E-state index in [1.54, 1.807) is 11.3 Å². The largest absolute Gasteiger partial charge is 0.300 e. The second-order valence-electron chi connectivity index (χ2n) is 3.21. The molecule has 2 aromatic heterocycles. The van der Waals surface area contributed by atoms with E-state index in [0.717, 1.165) is 15.7 Å². The van der Waals surface area contributed by atoms with Crippen LogP contribution >= 0.6 is 22.7 Å². The lowest BCUT2D eigenvalue weighted by Crippen LogP contribution is -2.14. The third-order valence-electron chi connectivity index (χ3n) is 1.78. The van der Waals surface area contributed by atoms with Gasteiger partial charge in [-0.15, -0.1) is 21.5 Å². The molecule has 0 aliphatic rings. The Bertz CT molecular complexity index is 461. The van der Waals surface area contributed by atoms with Crippen LogP contribution < -0.4 is 5.32 Å². The minimum atomic E-state index is -0.110. The number of carbonyl (C=O) groups excluding carboxylic acids is 1. The van der Waals surface area contributed by atoms with Crippen molar-refractivity contribution in [1.29, 1.82) is 0 Å². The molecule has 0 spiro atoms. The van der Waals surface area contributed by atoms with Crippen molar-refractivity contribution in [2.24, 2.45) is 0 Å². The van der Waals surface area contributed by atoms with Crippen molar-refractivity contribution in [2.45, 2.75) is 20.3 Å². The SMILES string of the molecule is Cc1nc(CC(=O)Nc2nnc(C)s2)cs1. The maximum atomic E-state index is 11.6. The second-order valence-corrected chi connectivity index (χ2v) is 5.45. The van der Waals surface area contributed by atoms with Gasteiger partial charge in [0.25, 0.3) is 0 Å². The molecule has 84 valence electrons. The number of thiazole rings is 1. The highest BCUT2D eigenvalue weighted by molar-refractivity contribution is 7.15. The standard InChI is InChI=1S/C9H10N4OS2/c1-5-10-7(4-15-5)3-8(14)11-9-13-12-6(2)16-9/h4H,3H2,1-2H3,(H,11,13,14). The van der Waals surface area contributed by atoms with Gasteiger partial charge in [0, 0.05) is 5.38 Å². The van der Waals surface area contributed by atoms with Crippen molar-refractivity contribution >= 4 is 33.7 Å². The number of carbonyl (C=O) groups is 1. The molecule has 0 atom stereocenters. The lowest BCUT2D eigenvalue weighted by molar-refractivity contribution is -0.115. The van der Waals surface area contributed by atoms with Crippen LogP contribution in [-0.4, -0.2) is 21.1 Å². The second kappa shape index (κ2) is 4.67. The maximum Gasteiger partial charge on any atom is 0.232 e. The zero-order valence-electron chi connectivity index (χ0n) is 8.85. The monoisotopic (exact) mass is 254 g/mol. The van der Waals surface area contributed by atoms with E-state index in [2.05, 4.69) is 20.5 Å². The first-order valence-electron chi connectivity index (χ1n) is 4.64. The molecule has 0 saturated heterocycles. The highest BCUT2D eigenvalue weighted by Crippen LogP contribution is 2.14. The highest BCUT2D eigenvalue weighted by Gasteiger charge is 2.09. The Morgan fingerprint density at radius 1 is 1.38 bits per heavy atom. The number of anilines is 1. The minimum absolute atomic E-state index is 0.110. The van der Waals surface area contributed by atoms with Gasteiger partial charge in [0.15, 0.2) is 0 Å². The van der Waals surface area contributed by atoms with Gasteiger partial charge in [-0.2, -0.15) is 0 Å². The van der Waals surface area contributed by atoms with Crippen LogP contribution in [0.3, 0.4) is 0 Å². The molecule has 1 amide bonds. The highest BCUT2D eigenvalue weighted by atomic mass is 32.1. The number of nitrogens with one attached hydrogen (secondary N) is 1. The Labute approximate surface area is 101 Å². The van der Waals surface area contributed by atoms with E-state index < -0.39 is 0 Å². The molecule has 0 unspecified atom stereocenters. The first kappa shape index (κ1) is 11.2. The number of rotatable bonds is 3. The van der Waals surface area contributed by atoms with Crippen LogP contribution in [0.1, 0.15) is 15.7 Å². The van der Waals surface area contributed by atoms with Crippen molar-refractivity contribution < 1.29 is 4.79 Å². The van der Waals surface area contributed by atoms with Crippen molar-refractivity contribution in [3.63, 3.8) is 0 Å². The predicted molar refractivity (Wildman–Crippen MR) is 63.8 cm³/mol. The maximum absolute atomic E-state index is 11.6. The van der Waals surface area contributed by atoms with E-state index in [4.69, 9.17) is 0 Å². The van der Waals surface area contributed by atoms with Gasteiger partial charge < -0.3 is 5.32 Å². The average molecular weight is 254 g/mol. The van der Waals surface area contributed by atoms with Crippen molar-refractivity contribution in [1.82, 2.24) is 15.2 Å². The van der Waals surface area contributed by atoms with Gasteiger partial charge in [0.1, 0.15) is 5.01 Å². The van der Waals surface area contributed by atoms with E-state index in [1.807, 2.05) is 19.2 Å². The van der Waals surface area contributed by atoms with Gasteiger partial charge in [-0.05, 0) is 13.8 Å². The Morgan fingerprint density at radius 2 is 2.19 bits per heavy atom. The lowest BCUT2D eigenvalue weighted by atomic mass is 10.3. The summed E-state index contributed by atoms with van der Waals surface area (Å²) < 4.78 is 0. The molecule has 2 heterocycles. The summed E-state index contributed by atoms with van der Waals surface area (Å²) in [5, 5.41) is 14.6. The predicted octanol–water partition coefficient (Wildman–Crippen LogP) is 1.79. The fourth-order valence-corrected chi connectivity index (χ4v) is 2.39. The van der Waals surface area contributed by atoms with Crippen LogP contribution in [0.2, 0.25) is 0 Å². The van der Waals surface area contributed by atoms with Gasteiger partial charge in [0.2, 0.25) is 11.0 Å². The first-order valence-corrected chi connectivity index (χ1v) is 6.34. The molecular weight excluding hydrogens is 244 g/mol. The van der Waals surface area contributed by atoms with Gasteiger partial charge in [-0.1, -0.05) is 11.3 Å². The molecule has 0 radical (unpaired) electrons. The van der Waals surface area contributed by atoms with Gasteiger partial charge in [-0.25, -0.2) is 4.98 Å². The number of aryl methyl sites for hydroxylation is 2. The third kappa shape index (κ3) is 2.83. The van der Waals surface area contributed by atoms with Gasteiger partial charge >= 0.3 is 0 Å². The Morgan fingerprint density at radius 3 is 2.75 bits per heavy atom. The molecule has 2 rings (SSSR count). The topological polar surface area (TPSA) is 67.8 Å². The van der Waals surface area contributed by atoms with Crippen LogP contribution in [0.15, 0.2) is 5.38 Å². The summed E-state index contributed by atoms with van der Waals surface area (Å²) in [4.78, 5) is 15.8. The van der Waals surface area contributed by atoms with Crippen molar-refractivity contribution in [3.05, 3.63) is 21.1 Å². The normalized spacial score (nSPS) is 10.4. The molecule has 0 aromatic carbocycles. The summed E-state index contributed by atoms with van der Waals surface area (Å²) in [5.41, 5.74) is 0.793. The van der Waals surface area contributed by atoms with E-state index in [-0.39, 0.29) is 12.3 Å². The number of hydrogen-bond donors (Lipinski definition) is 1. The quantitative estimate of drug-likeness (QED) is 0.906. The van der Waals surface area contributed by atoms with Gasteiger partial charge in [0.05, 0.1) is 17.1 Å². The Hall–Kier alpha value is -1.34. The fraction of sp³-hybridized carbons (Fsp3) is 0.333.